The summed E-state index contributed by atoms with van der Waals surface area (Å²) in [6, 6.07) is -3.61. The first kappa shape index (κ1) is 57.6. The van der Waals surface area contributed by atoms with Crippen molar-refractivity contribution in [3.05, 3.63) is 0 Å². The molecule has 6 N–H and O–H groups in total. The number of nitrogens with zero attached hydrogens (tertiary/aromatic N) is 4. The Morgan fingerprint density at radius 2 is 1.01 bits per heavy atom. The Hall–Kier alpha value is -3.69. The predicted molar refractivity (Wildman–Crippen MR) is 227 cm³/mol. The van der Waals surface area contributed by atoms with Crippen molar-refractivity contribution in [2.45, 2.75) is 187 Å². The number of esters is 3. The first-order valence-electron chi connectivity index (χ1n) is 22.2. The van der Waals surface area contributed by atoms with E-state index >= 15 is 0 Å². The van der Waals surface area contributed by atoms with Crippen LogP contribution in [0.1, 0.15) is 129 Å². The van der Waals surface area contributed by atoms with E-state index in [0.29, 0.717) is 55.2 Å². The summed E-state index contributed by atoms with van der Waals surface area (Å²) in [5, 5.41) is 19.3. The second-order valence-electron chi connectivity index (χ2n) is 16.8. The third-order valence-corrected chi connectivity index (χ3v) is 12.4. The van der Waals surface area contributed by atoms with Gasteiger partial charge in [-0.05, 0) is 96.8 Å². The molecule has 4 heterocycles. The van der Waals surface area contributed by atoms with Gasteiger partial charge in [0.1, 0.15) is 24.3 Å². The van der Waals surface area contributed by atoms with Crippen LogP contribution in [0.15, 0.2) is 0 Å². The number of rotatable bonds is 10. The largest absolute Gasteiger partial charge is 0.477 e. The zero-order valence-corrected chi connectivity index (χ0v) is 40.1. The lowest BCUT2D eigenvalue weighted by Gasteiger charge is -2.28. The Bertz CT molecular complexity index is 1680. The summed E-state index contributed by atoms with van der Waals surface area (Å²) in [6.07, 6.45) is 10.6. The molecule has 0 aromatic rings. The zero-order chi connectivity index (χ0) is 50.3. The number of carbonyl (C=O) groups excluding carboxylic acids is 7. The molecule has 7 aliphatic rings. The van der Waals surface area contributed by atoms with Gasteiger partial charge in [-0.15, -0.1) is 0 Å². The van der Waals surface area contributed by atoms with Crippen molar-refractivity contribution in [3.8, 4) is 0 Å². The summed E-state index contributed by atoms with van der Waals surface area (Å²) in [7, 11) is 0. The van der Waals surface area contributed by atoms with Crippen molar-refractivity contribution in [1.82, 2.24) is 19.9 Å². The number of hydrogen-bond acceptors (Lipinski definition) is 13. The maximum atomic E-state index is 14.1. The van der Waals surface area contributed by atoms with Crippen molar-refractivity contribution >= 4 is 73.6 Å². The van der Waals surface area contributed by atoms with Gasteiger partial charge in [0.25, 0.3) is 0 Å². The average molecular weight is 1110 g/mol. The summed E-state index contributed by atoms with van der Waals surface area (Å²) in [4.78, 5) is 78.1. The molecule has 0 unspecified atom stereocenters. The Balaban J connectivity index is 0.000000241. The molecule has 0 aromatic heterocycles. The summed E-state index contributed by atoms with van der Waals surface area (Å²) in [5.41, 5.74) is 10.4. The Morgan fingerprint density at radius 1 is 0.612 bits per heavy atom. The van der Waals surface area contributed by atoms with Crippen LogP contribution in [-0.2, 0) is 43.0 Å². The Kier molecular flexibility index (Phi) is 22.6. The van der Waals surface area contributed by atoms with Crippen LogP contribution in [0, 0.1) is 0 Å². The molecular formula is C40H60Br2F6N6O13. The maximum Gasteiger partial charge on any atom is 0.477 e. The minimum Gasteiger partial charge on any atom is -0.461 e. The van der Waals surface area contributed by atoms with E-state index < -0.39 is 81.8 Å². The van der Waals surface area contributed by atoms with Gasteiger partial charge in [0.2, 0.25) is 11.8 Å². The van der Waals surface area contributed by atoms with Gasteiger partial charge >= 0.3 is 45.7 Å². The van der Waals surface area contributed by atoms with Crippen LogP contribution in [0.25, 0.3) is 0 Å². The molecule has 3 aliphatic carbocycles. The third-order valence-electron chi connectivity index (χ3n) is 11.7. The monoisotopic (exact) mass is 1100 g/mol. The van der Waals surface area contributed by atoms with Crippen molar-refractivity contribution in [2.24, 2.45) is 11.5 Å². The highest BCUT2D eigenvalue weighted by Crippen LogP contribution is 2.34. The summed E-state index contributed by atoms with van der Waals surface area (Å²) in [6.45, 7) is 1.87. The van der Waals surface area contributed by atoms with E-state index in [2.05, 4.69) is 14.3 Å². The van der Waals surface area contributed by atoms with Gasteiger partial charge < -0.3 is 40.6 Å². The number of urea groups is 2. The van der Waals surface area contributed by atoms with Gasteiger partial charge in [0.15, 0.2) is 0 Å². The summed E-state index contributed by atoms with van der Waals surface area (Å²) < 4.78 is 89.8. The van der Waals surface area contributed by atoms with Crippen LogP contribution in [0.3, 0.4) is 0 Å². The van der Waals surface area contributed by atoms with Crippen molar-refractivity contribution < 1.29 is 89.3 Å². The number of primary amides is 2. The number of aliphatic hydroxyl groups excluding tert-OH is 1. The topological polar surface area (TPSA) is 262 Å². The van der Waals surface area contributed by atoms with Crippen molar-refractivity contribution in [3.63, 3.8) is 0 Å². The molecule has 4 bridgehead atoms. The minimum absolute atomic E-state index is 0.0359. The number of hydroxylamine groups is 4. The molecule has 4 aliphatic heterocycles. The van der Waals surface area contributed by atoms with Crippen LogP contribution in [-0.4, -0.2) is 150 Å². The summed E-state index contributed by atoms with van der Waals surface area (Å²) in [5.74, 6) is -6.02. The van der Waals surface area contributed by atoms with E-state index in [4.69, 9.17) is 21.3 Å². The molecule has 7 rings (SSSR count). The fraction of sp³-hybridized carbons (Fsp3) is 0.825. The second kappa shape index (κ2) is 26.3. The molecule has 19 nitrogen and oxygen atoms in total. The van der Waals surface area contributed by atoms with Crippen LogP contribution < -0.4 is 11.5 Å². The summed E-state index contributed by atoms with van der Waals surface area (Å²) >= 11 is 3.80. The second-order valence-corrected chi connectivity index (χ2v) is 18.8. The minimum atomic E-state index is -4.27. The van der Waals surface area contributed by atoms with Gasteiger partial charge in [-0.2, -0.15) is 36.2 Å². The average Bonchev–Trinajstić information content (AvgIpc) is 3.62. The zero-order valence-electron chi connectivity index (χ0n) is 37.0. The molecule has 0 radical (unpaired) electrons. The quantitative estimate of drug-likeness (QED) is 0.0647. The van der Waals surface area contributed by atoms with Crippen molar-refractivity contribution in [1.29, 1.82) is 0 Å². The predicted octanol–water partition coefficient (Wildman–Crippen LogP) is 5.97. The molecule has 3 saturated carbocycles. The van der Waals surface area contributed by atoms with E-state index in [-0.39, 0.29) is 44.2 Å². The van der Waals surface area contributed by atoms with Crippen LogP contribution >= 0.6 is 31.9 Å². The first-order chi connectivity index (χ1) is 31.3. The van der Waals surface area contributed by atoms with Gasteiger partial charge in [0.05, 0.1) is 24.8 Å². The molecule has 0 spiro atoms. The number of nitrogens with two attached hydrogens (primary N) is 2. The molecule has 67 heavy (non-hydrogen) atoms. The van der Waals surface area contributed by atoms with E-state index in [1.54, 1.807) is 0 Å². The number of fused-ring (bicyclic) bond motifs is 4. The van der Waals surface area contributed by atoms with E-state index in [1.807, 2.05) is 31.9 Å². The molecule has 4 atom stereocenters. The number of piperidine rings is 2. The molecular weight excluding hydrogens is 1050 g/mol. The Morgan fingerprint density at radius 3 is 1.40 bits per heavy atom. The number of hydrogen-bond donors (Lipinski definition) is 4. The van der Waals surface area contributed by atoms with E-state index in [1.165, 1.54) is 31.1 Å². The smallest absolute Gasteiger partial charge is 0.461 e. The molecule has 6 amide bonds. The van der Waals surface area contributed by atoms with Gasteiger partial charge in [0, 0.05) is 44.9 Å². The maximum absolute atomic E-state index is 14.1. The molecule has 4 saturated heterocycles. The van der Waals surface area contributed by atoms with E-state index in [9.17, 15) is 65.1 Å². The SMILES string of the molecule is CCOC(=O)C(F)(F)Br.NC(=O)[C@@H]1CC[C@@H]2CN1C(=O)N2O.NC(=O)[C@@H]1CC[C@@H]2CN1C(=O)N2OC(F)(F)C(=O)OC1CCCCC1.O=C(OC1CCCCC1)C(F)(F)Br.OC1CCCCC1. The Labute approximate surface area is 399 Å². The highest BCUT2D eigenvalue weighted by molar-refractivity contribution is 9.10. The fourth-order valence-corrected chi connectivity index (χ4v) is 8.46. The molecule has 27 heteroatoms. The number of amides is 6. The number of alkyl halides is 8. The highest BCUT2D eigenvalue weighted by Gasteiger charge is 2.54. The van der Waals surface area contributed by atoms with Gasteiger partial charge in [-0.1, -0.05) is 32.1 Å². The number of carbonyl (C=O) groups is 7. The first-order valence-corrected chi connectivity index (χ1v) is 23.8. The van der Waals surface area contributed by atoms with Crippen LogP contribution in [0.4, 0.5) is 35.9 Å². The molecule has 384 valence electrons. The number of halogens is 8. The number of ether oxygens (including phenoxy) is 3. The number of aliphatic hydroxyl groups is 1. The van der Waals surface area contributed by atoms with Gasteiger partial charge in [-0.3, -0.25) is 14.8 Å². The standard InChI is InChI=1S/C15H21F2N3O5.C8H11BrF2O2.C7H11N3O3.C6H12O.C4H5BrF2O2/c16-15(17,13(22)24-10-4-2-1-3-5-10)25-20-9-6-7-11(12(18)21)19(8-9)14(20)23;9-8(10,11)7(12)13-6-4-2-1-3-5-6;8-6(11)5-2-1-4-3-9(5)7(12)10(4)13;7-6-4-2-1-3-5-6;1-2-9-3(8)4(5,6)7/h9-11H,1-8H2,(H2,18,21);6H,1-5H2;4-5,13H,1-3H2,(H2,8,11);6-7H,1-5H2;2H2,1H3/t9-,11+;;4-,5+;;/m1.1../s1. The van der Waals surface area contributed by atoms with Crippen molar-refractivity contribution in [2.75, 3.05) is 19.7 Å². The highest BCUT2D eigenvalue weighted by atomic mass is 79.9. The third kappa shape index (κ3) is 18.0. The van der Waals surface area contributed by atoms with Crippen LogP contribution in [0.5, 0.6) is 0 Å². The fourth-order valence-electron chi connectivity index (χ4n) is 8.25. The molecule has 7 fully saturated rings. The van der Waals surface area contributed by atoms with Crippen LogP contribution in [0.2, 0.25) is 0 Å². The molecule has 0 aromatic carbocycles. The lowest BCUT2D eigenvalue weighted by Crippen LogP contribution is -2.48. The lowest BCUT2D eigenvalue weighted by molar-refractivity contribution is -0.331. The van der Waals surface area contributed by atoms with Gasteiger partial charge in [-0.25, -0.2) is 29.0 Å². The van der Waals surface area contributed by atoms with E-state index in [0.717, 1.165) is 56.3 Å². The normalized spacial score (nSPS) is 24.6. The lowest BCUT2D eigenvalue weighted by atomic mass is 9.98.